The summed E-state index contributed by atoms with van der Waals surface area (Å²) in [4.78, 5) is 18.8. The molecule has 0 saturated heterocycles. The number of aryl methyl sites for hydroxylation is 1. The molecule has 1 N–H and O–H groups in total. The van der Waals surface area contributed by atoms with Crippen LogP contribution in [-0.4, -0.2) is 14.3 Å². The third-order valence-corrected chi connectivity index (χ3v) is 1.49. The van der Waals surface area contributed by atoms with Crippen LogP contribution in [0.25, 0.3) is 0 Å². The average molecular weight is 178 g/mol. The third-order valence-electron chi connectivity index (χ3n) is 0.740. The third kappa shape index (κ3) is 5.09. The maximum absolute atomic E-state index is 10.4. The molecule has 62 valence electrons. The Labute approximate surface area is 65.6 Å². The lowest BCUT2D eigenvalue weighted by Crippen LogP contribution is -2.05. The molecule has 0 radical (unpaired) electrons. The van der Waals surface area contributed by atoms with Gasteiger partial charge in [0.05, 0.1) is 0 Å². The second-order valence-electron chi connectivity index (χ2n) is 1.48. The molecular formula is C4H6N2O4S. The first-order chi connectivity index (χ1) is 5.04. The molecule has 7 heteroatoms. The van der Waals surface area contributed by atoms with Crippen molar-refractivity contribution in [2.75, 3.05) is 0 Å². The summed E-state index contributed by atoms with van der Waals surface area (Å²) in [7, 11) is 1.74. The lowest BCUT2D eigenvalue weighted by molar-refractivity contribution is -0.742. The first-order valence-electron chi connectivity index (χ1n) is 2.48. The molecule has 0 aromatic carbocycles. The van der Waals surface area contributed by atoms with Gasteiger partial charge < -0.3 is 5.21 Å². The molecule has 0 fully saturated rings. The van der Waals surface area contributed by atoms with Crippen molar-refractivity contribution < 1.29 is 10.3 Å². The minimum Gasteiger partial charge on any atom is -0.328 e. The van der Waals surface area contributed by atoms with Gasteiger partial charge in [0.25, 0.3) is 10.6 Å². The van der Waals surface area contributed by atoms with Gasteiger partial charge in [0.2, 0.25) is 0 Å². The maximum Gasteiger partial charge on any atom is 0.291 e. The van der Waals surface area contributed by atoms with Crippen molar-refractivity contribution in [2.45, 2.75) is 0 Å². The van der Waals surface area contributed by atoms with E-state index in [1.54, 1.807) is 22.5 Å². The number of nitrogens with zero attached hydrogens (tertiary/aromatic N) is 2. The second-order valence-corrected chi connectivity index (χ2v) is 2.51. The normalized spacial score (nSPS) is 8.09. The highest BCUT2D eigenvalue weighted by atomic mass is 32.1. The molecule has 0 amide bonds. The van der Waals surface area contributed by atoms with Gasteiger partial charge in [0.1, 0.15) is 0 Å². The van der Waals surface area contributed by atoms with E-state index in [1.807, 2.05) is 0 Å². The van der Waals surface area contributed by atoms with Crippen molar-refractivity contribution in [3.8, 4) is 0 Å². The molecule has 1 aromatic rings. The van der Waals surface area contributed by atoms with Crippen molar-refractivity contribution >= 4 is 11.5 Å². The van der Waals surface area contributed by atoms with Crippen LogP contribution < -0.4 is 5.56 Å². The van der Waals surface area contributed by atoms with E-state index >= 15 is 0 Å². The van der Waals surface area contributed by atoms with Crippen LogP contribution in [-0.2, 0) is 7.05 Å². The van der Waals surface area contributed by atoms with Crippen LogP contribution in [0.5, 0.6) is 0 Å². The quantitative estimate of drug-likeness (QED) is 0.451. The monoisotopic (exact) mass is 178 g/mol. The van der Waals surface area contributed by atoms with E-state index in [0.29, 0.717) is 0 Å². The lowest BCUT2D eigenvalue weighted by Gasteiger charge is -1.76. The summed E-state index contributed by atoms with van der Waals surface area (Å²) >= 11 is 1.41. The van der Waals surface area contributed by atoms with E-state index in [2.05, 4.69) is 0 Å². The molecule has 1 rings (SSSR count). The summed E-state index contributed by atoms with van der Waals surface area (Å²) in [6.07, 6.45) is 0. The standard InChI is InChI=1S/C4H5NOS.HNO3/c1-5-4(6)2-3-7-5;2-1(3)4/h2-3H,1H3;(H,2,3,4). The summed E-state index contributed by atoms with van der Waals surface area (Å²) in [6, 6.07) is 1.55. The van der Waals surface area contributed by atoms with Crippen LogP contribution in [0.3, 0.4) is 0 Å². The van der Waals surface area contributed by atoms with Crippen molar-refractivity contribution in [1.29, 1.82) is 0 Å². The molecular weight excluding hydrogens is 172 g/mol. The van der Waals surface area contributed by atoms with Gasteiger partial charge in [0.15, 0.2) is 0 Å². The van der Waals surface area contributed by atoms with Crippen LogP contribution in [0.1, 0.15) is 0 Å². The maximum atomic E-state index is 10.4. The smallest absolute Gasteiger partial charge is 0.291 e. The van der Waals surface area contributed by atoms with Crippen LogP contribution in [0, 0.1) is 10.1 Å². The SMILES string of the molecule is Cn1sccc1=O.O=[N+]([O-])O. The van der Waals surface area contributed by atoms with Crippen LogP contribution >= 0.6 is 11.5 Å². The van der Waals surface area contributed by atoms with Gasteiger partial charge in [-0.05, 0) is 0 Å². The van der Waals surface area contributed by atoms with Gasteiger partial charge in [-0.15, -0.1) is 10.1 Å². The molecule has 0 aliphatic heterocycles. The molecule has 0 atom stereocenters. The minimum absolute atomic E-state index is 0.0741. The Morgan fingerprint density at radius 3 is 2.36 bits per heavy atom. The summed E-state index contributed by atoms with van der Waals surface area (Å²) in [5, 5.41) is 15.4. The summed E-state index contributed by atoms with van der Waals surface area (Å²) in [5.41, 5.74) is 0.0741. The van der Waals surface area contributed by atoms with Crippen molar-refractivity contribution in [3.05, 3.63) is 31.9 Å². The second kappa shape index (κ2) is 4.45. The minimum atomic E-state index is -1.50. The van der Waals surface area contributed by atoms with Gasteiger partial charge in [-0.25, -0.2) is 0 Å². The highest BCUT2D eigenvalue weighted by Crippen LogP contribution is 1.84. The van der Waals surface area contributed by atoms with Gasteiger partial charge in [0, 0.05) is 18.5 Å². The van der Waals surface area contributed by atoms with Gasteiger partial charge in [-0.3, -0.25) is 8.75 Å². The van der Waals surface area contributed by atoms with Gasteiger partial charge >= 0.3 is 0 Å². The Morgan fingerprint density at radius 2 is 2.27 bits per heavy atom. The Bertz CT molecular complexity index is 274. The topological polar surface area (TPSA) is 85.4 Å². The zero-order valence-corrected chi connectivity index (χ0v) is 6.45. The van der Waals surface area contributed by atoms with E-state index in [4.69, 9.17) is 15.3 Å². The van der Waals surface area contributed by atoms with Gasteiger partial charge in [-0.2, -0.15) is 0 Å². The fourth-order valence-corrected chi connectivity index (χ4v) is 0.861. The molecule has 0 aliphatic rings. The summed E-state index contributed by atoms with van der Waals surface area (Å²) in [6.45, 7) is 0. The van der Waals surface area contributed by atoms with E-state index in [9.17, 15) is 4.79 Å². The lowest BCUT2D eigenvalue weighted by atomic mass is 10.7. The Balaban J connectivity index is 0.000000218. The highest BCUT2D eigenvalue weighted by molar-refractivity contribution is 7.04. The molecule has 6 nitrogen and oxygen atoms in total. The van der Waals surface area contributed by atoms with Crippen molar-refractivity contribution in [2.24, 2.45) is 7.05 Å². The zero-order chi connectivity index (χ0) is 8.85. The predicted molar refractivity (Wildman–Crippen MR) is 38.3 cm³/mol. The summed E-state index contributed by atoms with van der Waals surface area (Å²) < 4.78 is 1.57. The molecule has 0 bridgehead atoms. The van der Waals surface area contributed by atoms with Crippen molar-refractivity contribution in [3.63, 3.8) is 0 Å². The number of hydrogen-bond donors (Lipinski definition) is 1. The molecule has 0 unspecified atom stereocenters. The van der Waals surface area contributed by atoms with E-state index < -0.39 is 5.09 Å². The summed E-state index contributed by atoms with van der Waals surface area (Å²) in [5.74, 6) is 0. The molecule has 1 aromatic heterocycles. The van der Waals surface area contributed by atoms with Crippen LogP contribution in [0.2, 0.25) is 0 Å². The largest absolute Gasteiger partial charge is 0.328 e. The van der Waals surface area contributed by atoms with Crippen LogP contribution in [0.15, 0.2) is 16.2 Å². The first kappa shape index (κ1) is 9.63. The number of rotatable bonds is 0. The molecule has 1 heterocycles. The first-order valence-corrected chi connectivity index (χ1v) is 3.32. The van der Waals surface area contributed by atoms with Gasteiger partial charge in [-0.1, -0.05) is 11.5 Å². The van der Waals surface area contributed by atoms with E-state index in [-0.39, 0.29) is 5.56 Å². The molecule has 0 saturated carbocycles. The Hall–Kier alpha value is -1.37. The van der Waals surface area contributed by atoms with Crippen molar-refractivity contribution in [1.82, 2.24) is 3.96 Å². The average Bonchev–Trinajstić information content (AvgIpc) is 2.15. The fraction of sp³-hybridized carbons (Fsp3) is 0.250. The zero-order valence-electron chi connectivity index (χ0n) is 5.63. The van der Waals surface area contributed by atoms with Crippen LogP contribution in [0.4, 0.5) is 0 Å². The molecule has 11 heavy (non-hydrogen) atoms. The number of hydrogen-bond acceptors (Lipinski definition) is 4. The van der Waals surface area contributed by atoms with E-state index in [1.165, 1.54) is 11.5 Å². The highest BCUT2D eigenvalue weighted by Gasteiger charge is 1.82. The predicted octanol–water partition coefficient (Wildman–Crippen LogP) is 0.0991. The number of aromatic nitrogens is 1. The molecule has 0 aliphatic carbocycles. The Kier molecular flexibility index (Phi) is 3.89. The Morgan fingerprint density at radius 1 is 1.82 bits per heavy atom. The molecule has 0 spiro atoms. The fourth-order valence-electron chi connectivity index (χ4n) is 0.337. The van der Waals surface area contributed by atoms with E-state index in [0.717, 1.165) is 0 Å².